The molecule has 0 saturated carbocycles. The normalized spacial score (nSPS) is 9.88. The van der Waals surface area contributed by atoms with Gasteiger partial charge in [0.05, 0.1) is 5.69 Å². The fraction of sp³-hybridized carbons (Fsp3) is 0.364. The van der Waals surface area contributed by atoms with Gasteiger partial charge in [0.1, 0.15) is 5.82 Å². The van der Waals surface area contributed by atoms with Crippen LogP contribution in [0.3, 0.4) is 0 Å². The van der Waals surface area contributed by atoms with Gasteiger partial charge in [0.15, 0.2) is 0 Å². The van der Waals surface area contributed by atoms with Crippen molar-refractivity contribution in [3.05, 3.63) is 30.1 Å². The number of para-hydroxylation sites is 1. The van der Waals surface area contributed by atoms with Crippen molar-refractivity contribution in [3.63, 3.8) is 0 Å². The second kappa shape index (κ2) is 7.06. The summed E-state index contributed by atoms with van der Waals surface area (Å²) >= 11 is 5.49. The molecule has 16 heavy (non-hydrogen) atoms. The Hall–Kier alpha value is -1.29. The number of anilines is 1. The van der Waals surface area contributed by atoms with Gasteiger partial charge >= 0.3 is 6.03 Å². The molecule has 0 aromatic heterocycles. The summed E-state index contributed by atoms with van der Waals surface area (Å²) in [7, 11) is 0. The molecule has 2 N–H and O–H groups in total. The predicted molar refractivity (Wildman–Crippen MR) is 63.4 cm³/mol. The van der Waals surface area contributed by atoms with E-state index in [1.165, 1.54) is 12.1 Å². The molecule has 0 spiro atoms. The number of rotatable bonds is 5. The molecule has 0 radical (unpaired) electrons. The minimum Gasteiger partial charge on any atom is -0.338 e. The first-order valence-electron chi connectivity index (χ1n) is 5.09. The third kappa shape index (κ3) is 4.49. The second-order valence-corrected chi connectivity index (χ2v) is 3.63. The standard InChI is InChI=1S/C11H14ClFN2O/c12-7-3-4-8-14-11(16)15-10-6-2-1-5-9(10)13/h1-2,5-6H,3-4,7-8H2,(H2,14,15,16). The Morgan fingerprint density at radius 1 is 1.31 bits per heavy atom. The van der Waals surface area contributed by atoms with E-state index >= 15 is 0 Å². The largest absolute Gasteiger partial charge is 0.338 e. The second-order valence-electron chi connectivity index (χ2n) is 3.26. The summed E-state index contributed by atoms with van der Waals surface area (Å²) in [5, 5.41) is 5.05. The maximum absolute atomic E-state index is 13.1. The van der Waals surface area contributed by atoms with Crippen LogP contribution in [-0.2, 0) is 0 Å². The maximum Gasteiger partial charge on any atom is 0.319 e. The van der Waals surface area contributed by atoms with Crippen molar-refractivity contribution in [2.75, 3.05) is 17.7 Å². The van der Waals surface area contributed by atoms with Crippen LogP contribution in [0.25, 0.3) is 0 Å². The van der Waals surface area contributed by atoms with Crippen LogP contribution in [0.1, 0.15) is 12.8 Å². The molecule has 0 aliphatic heterocycles. The highest BCUT2D eigenvalue weighted by molar-refractivity contribution is 6.17. The molecular weight excluding hydrogens is 231 g/mol. The van der Waals surface area contributed by atoms with E-state index in [1.807, 2.05) is 0 Å². The third-order valence-corrected chi connectivity index (χ3v) is 2.24. The van der Waals surface area contributed by atoms with E-state index in [1.54, 1.807) is 12.1 Å². The quantitative estimate of drug-likeness (QED) is 0.607. The number of hydrogen-bond donors (Lipinski definition) is 2. The van der Waals surface area contributed by atoms with E-state index in [-0.39, 0.29) is 5.69 Å². The van der Waals surface area contributed by atoms with Crippen LogP contribution >= 0.6 is 11.6 Å². The fourth-order valence-electron chi connectivity index (χ4n) is 1.15. The van der Waals surface area contributed by atoms with Gasteiger partial charge in [0.25, 0.3) is 0 Å². The number of benzene rings is 1. The lowest BCUT2D eigenvalue weighted by Gasteiger charge is -2.07. The SMILES string of the molecule is O=C(NCCCCCl)Nc1ccccc1F. The molecule has 88 valence electrons. The zero-order valence-corrected chi connectivity index (χ0v) is 9.56. The Morgan fingerprint density at radius 2 is 2.06 bits per heavy atom. The molecule has 0 saturated heterocycles. The van der Waals surface area contributed by atoms with Crippen LogP contribution in [0.2, 0.25) is 0 Å². The van der Waals surface area contributed by atoms with E-state index in [0.29, 0.717) is 12.4 Å². The zero-order chi connectivity index (χ0) is 11.8. The topological polar surface area (TPSA) is 41.1 Å². The zero-order valence-electron chi connectivity index (χ0n) is 8.80. The Balaban J connectivity index is 2.32. The van der Waals surface area contributed by atoms with Gasteiger partial charge in [0, 0.05) is 12.4 Å². The summed E-state index contributed by atoms with van der Waals surface area (Å²) in [5.74, 6) is 0.134. The maximum atomic E-state index is 13.1. The summed E-state index contributed by atoms with van der Waals surface area (Å²) in [6.45, 7) is 0.535. The summed E-state index contributed by atoms with van der Waals surface area (Å²) < 4.78 is 13.1. The average Bonchev–Trinajstić information content (AvgIpc) is 2.28. The number of carbonyl (C=O) groups is 1. The Bertz CT molecular complexity index is 347. The van der Waals surface area contributed by atoms with E-state index in [2.05, 4.69) is 10.6 Å². The molecule has 5 heteroatoms. The lowest BCUT2D eigenvalue weighted by molar-refractivity contribution is 0.252. The molecule has 1 rings (SSSR count). The number of urea groups is 1. The highest BCUT2D eigenvalue weighted by Crippen LogP contribution is 2.11. The highest BCUT2D eigenvalue weighted by Gasteiger charge is 2.04. The number of hydrogen-bond acceptors (Lipinski definition) is 1. The lowest BCUT2D eigenvalue weighted by atomic mass is 10.3. The van der Waals surface area contributed by atoms with Gasteiger partial charge in [-0.05, 0) is 25.0 Å². The lowest BCUT2D eigenvalue weighted by Crippen LogP contribution is -2.29. The minimum atomic E-state index is -0.446. The smallest absolute Gasteiger partial charge is 0.319 e. The third-order valence-electron chi connectivity index (χ3n) is 1.97. The van der Waals surface area contributed by atoms with Crippen LogP contribution in [0, 0.1) is 5.82 Å². The molecule has 0 unspecified atom stereocenters. The van der Waals surface area contributed by atoms with Gasteiger partial charge in [0.2, 0.25) is 0 Å². The number of amides is 2. The molecule has 0 heterocycles. The summed E-state index contributed by atoms with van der Waals surface area (Å²) in [6.07, 6.45) is 1.66. The first kappa shape index (κ1) is 12.8. The molecule has 0 atom stereocenters. The van der Waals surface area contributed by atoms with Crippen molar-refractivity contribution < 1.29 is 9.18 Å². The van der Waals surface area contributed by atoms with Crippen molar-refractivity contribution in [1.82, 2.24) is 5.32 Å². The Morgan fingerprint density at radius 3 is 2.75 bits per heavy atom. The molecule has 1 aromatic carbocycles. The van der Waals surface area contributed by atoms with Gasteiger partial charge in [-0.1, -0.05) is 12.1 Å². The van der Waals surface area contributed by atoms with Crippen molar-refractivity contribution >= 4 is 23.3 Å². The van der Waals surface area contributed by atoms with E-state index < -0.39 is 11.8 Å². The van der Waals surface area contributed by atoms with E-state index in [9.17, 15) is 9.18 Å². The van der Waals surface area contributed by atoms with Crippen molar-refractivity contribution in [2.45, 2.75) is 12.8 Å². The van der Waals surface area contributed by atoms with Crippen LogP contribution in [0.15, 0.2) is 24.3 Å². The summed E-state index contributed by atoms with van der Waals surface area (Å²) in [4.78, 5) is 11.3. The number of nitrogens with one attached hydrogen (secondary N) is 2. The summed E-state index contributed by atoms with van der Waals surface area (Å²) in [6, 6.07) is 5.63. The van der Waals surface area contributed by atoms with Crippen LogP contribution in [-0.4, -0.2) is 18.5 Å². The Labute approximate surface area is 99.0 Å². The monoisotopic (exact) mass is 244 g/mol. The average molecular weight is 245 g/mol. The van der Waals surface area contributed by atoms with Crippen molar-refractivity contribution in [1.29, 1.82) is 0 Å². The molecule has 3 nitrogen and oxygen atoms in total. The van der Waals surface area contributed by atoms with E-state index in [0.717, 1.165) is 12.8 Å². The molecule has 2 amide bonds. The number of carbonyl (C=O) groups excluding carboxylic acids is 1. The van der Waals surface area contributed by atoms with Crippen LogP contribution in [0.4, 0.5) is 14.9 Å². The summed E-state index contributed by atoms with van der Waals surface area (Å²) in [5.41, 5.74) is 0.178. The van der Waals surface area contributed by atoms with Gasteiger partial charge in [-0.15, -0.1) is 11.6 Å². The molecule has 0 aliphatic carbocycles. The predicted octanol–water partition coefficient (Wildman–Crippen LogP) is 2.97. The molecular formula is C11H14ClFN2O. The first-order valence-corrected chi connectivity index (χ1v) is 5.63. The molecule has 0 fully saturated rings. The number of halogens is 2. The van der Waals surface area contributed by atoms with Crippen LogP contribution in [0.5, 0.6) is 0 Å². The van der Waals surface area contributed by atoms with Gasteiger partial charge in [-0.25, -0.2) is 9.18 Å². The minimum absolute atomic E-state index is 0.178. The van der Waals surface area contributed by atoms with Crippen molar-refractivity contribution in [2.24, 2.45) is 0 Å². The van der Waals surface area contributed by atoms with Crippen LogP contribution < -0.4 is 10.6 Å². The molecule has 0 aliphatic rings. The van der Waals surface area contributed by atoms with Gasteiger partial charge in [-0.2, -0.15) is 0 Å². The molecule has 1 aromatic rings. The highest BCUT2D eigenvalue weighted by atomic mass is 35.5. The van der Waals surface area contributed by atoms with E-state index in [4.69, 9.17) is 11.6 Å². The van der Waals surface area contributed by atoms with Gasteiger partial charge < -0.3 is 10.6 Å². The number of alkyl halides is 1. The Kier molecular flexibility index (Phi) is 5.64. The first-order chi connectivity index (χ1) is 7.74. The fourth-order valence-corrected chi connectivity index (χ4v) is 1.34. The molecule has 0 bridgehead atoms. The van der Waals surface area contributed by atoms with Crippen molar-refractivity contribution in [3.8, 4) is 0 Å². The number of unbranched alkanes of at least 4 members (excludes halogenated alkanes) is 1. The van der Waals surface area contributed by atoms with Gasteiger partial charge in [-0.3, -0.25) is 0 Å².